The number of carbonyl (C=O) groups excluding carboxylic acids is 4. The van der Waals surface area contributed by atoms with Crippen molar-refractivity contribution in [2.75, 3.05) is 85.6 Å². The third-order valence-electron chi connectivity index (χ3n) is 5.86. The minimum Gasteiger partial charge on any atom is -0.389 e. The quantitative estimate of drug-likeness (QED) is 0.0280. The molecule has 262 valence electrons. The fraction of sp³-hybridized carbons (Fsp3) is 0.600. The molecule has 0 spiro atoms. The minimum atomic E-state index is -1.13. The van der Waals surface area contributed by atoms with Gasteiger partial charge in [0, 0.05) is 32.7 Å². The maximum absolute atomic E-state index is 11.4. The van der Waals surface area contributed by atoms with Crippen LogP contribution in [-0.2, 0) is 38.1 Å². The summed E-state index contributed by atoms with van der Waals surface area (Å²) in [5.41, 5.74) is -0.820. The second-order valence-corrected chi connectivity index (χ2v) is 10.4. The second-order valence-electron chi connectivity index (χ2n) is 10.4. The number of hydrogen-bond donors (Lipinski definition) is 8. The molecule has 8 N–H and O–H groups in total. The van der Waals surface area contributed by atoms with Crippen molar-refractivity contribution in [2.45, 2.75) is 24.4 Å². The summed E-state index contributed by atoms with van der Waals surface area (Å²) < 4.78 is 23.0. The molecule has 46 heavy (non-hydrogen) atoms. The van der Waals surface area contributed by atoms with E-state index in [-0.39, 0.29) is 85.6 Å². The lowest BCUT2D eigenvalue weighted by molar-refractivity contribution is -0.132. The molecular formula is C30H50N4O12. The Bertz CT molecular complexity index is 876. The Labute approximate surface area is 269 Å². The summed E-state index contributed by atoms with van der Waals surface area (Å²) in [4.78, 5) is 45.0. The van der Waals surface area contributed by atoms with Crippen LogP contribution in [0.4, 0.5) is 0 Å². The van der Waals surface area contributed by atoms with Crippen LogP contribution in [0, 0.1) is 5.41 Å². The fourth-order valence-electron chi connectivity index (χ4n) is 3.44. The van der Waals surface area contributed by atoms with E-state index >= 15 is 0 Å². The number of aliphatic hydroxyl groups excluding tert-OH is 4. The van der Waals surface area contributed by atoms with Crippen molar-refractivity contribution in [3.8, 4) is 0 Å². The van der Waals surface area contributed by atoms with Crippen LogP contribution in [0.5, 0.6) is 0 Å². The van der Waals surface area contributed by atoms with Crippen LogP contribution >= 0.6 is 0 Å². The van der Waals surface area contributed by atoms with Gasteiger partial charge in [0.15, 0.2) is 0 Å². The Morgan fingerprint density at radius 3 is 1.20 bits per heavy atom. The Morgan fingerprint density at radius 1 is 0.609 bits per heavy atom. The Hall–Kier alpha value is -3.32. The van der Waals surface area contributed by atoms with Gasteiger partial charge in [0.2, 0.25) is 17.7 Å². The van der Waals surface area contributed by atoms with Crippen LogP contribution in [0.3, 0.4) is 0 Å². The van der Waals surface area contributed by atoms with Gasteiger partial charge in [-0.05, 0) is 23.8 Å². The van der Waals surface area contributed by atoms with E-state index in [9.17, 15) is 39.6 Å². The highest BCUT2D eigenvalue weighted by molar-refractivity contribution is 5.87. The third-order valence-corrected chi connectivity index (χ3v) is 5.86. The third kappa shape index (κ3) is 22.2. The molecule has 0 saturated heterocycles. The molecule has 0 rings (SSSR count). The zero-order valence-corrected chi connectivity index (χ0v) is 26.2. The number of aldehydes is 1. The molecule has 16 heteroatoms. The zero-order chi connectivity index (χ0) is 34.8. The minimum absolute atomic E-state index is 0.0945. The summed E-state index contributed by atoms with van der Waals surface area (Å²) in [5, 5.41) is 51.3. The van der Waals surface area contributed by atoms with E-state index in [1.165, 1.54) is 0 Å². The van der Waals surface area contributed by atoms with Crippen molar-refractivity contribution < 1.29 is 58.6 Å². The topological polar surface area (TPSA) is 234 Å². The highest BCUT2D eigenvalue weighted by Gasteiger charge is 2.34. The number of carbonyl (C=O) groups is 4. The first-order valence-corrected chi connectivity index (χ1v) is 14.5. The van der Waals surface area contributed by atoms with Gasteiger partial charge in [-0.25, -0.2) is 0 Å². The summed E-state index contributed by atoms with van der Waals surface area (Å²) in [6.07, 6.45) is -0.439. The summed E-state index contributed by atoms with van der Waals surface area (Å²) >= 11 is 0. The van der Waals surface area contributed by atoms with Gasteiger partial charge in [-0.2, -0.15) is 0 Å². The molecule has 3 amide bonds. The van der Waals surface area contributed by atoms with Crippen molar-refractivity contribution in [2.24, 2.45) is 5.41 Å². The molecule has 0 aromatic heterocycles. The highest BCUT2D eigenvalue weighted by Crippen LogP contribution is 2.21. The van der Waals surface area contributed by atoms with Crippen LogP contribution in [0.15, 0.2) is 50.1 Å². The Kier molecular flexibility index (Phi) is 24.0. The number of aliphatic hydroxyl groups is 4. The van der Waals surface area contributed by atoms with Crippen LogP contribution in [0.2, 0.25) is 0 Å². The highest BCUT2D eigenvalue weighted by atomic mass is 16.5. The van der Waals surface area contributed by atoms with Crippen molar-refractivity contribution >= 4 is 24.0 Å². The van der Waals surface area contributed by atoms with Crippen molar-refractivity contribution in [1.29, 1.82) is 0 Å². The summed E-state index contributed by atoms with van der Waals surface area (Å²) in [6, 6.07) is 0. The second kappa shape index (κ2) is 25.8. The Balaban J connectivity index is 5.58. The summed E-state index contributed by atoms with van der Waals surface area (Å²) in [7, 11) is 0. The standard InChI is InChI=1S/C30H50N4O12/c1-5-27(40)32-10-24(37)15-44-19-30(20-45-16-25(38)11-33-28(41)6-2,21-46-17-26(39)12-34-29(42)7-3)18-43-14-23(36)9-31-8-22(4)13-35/h5-7,13,23-26,31,36-39H,1-4,8-12,14-21H2,(H,32,40)(H,33,41)(H,34,42). The monoisotopic (exact) mass is 658 g/mol. The van der Waals surface area contributed by atoms with Gasteiger partial charge >= 0.3 is 0 Å². The van der Waals surface area contributed by atoms with E-state index in [1.807, 2.05) is 0 Å². The molecule has 0 aromatic rings. The molecule has 0 aliphatic rings. The van der Waals surface area contributed by atoms with E-state index in [2.05, 4.69) is 47.6 Å². The number of nitrogens with one attached hydrogen (secondary N) is 4. The van der Waals surface area contributed by atoms with Gasteiger partial charge in [-0.15, -0.1) is 0 Å². The first-order valence-electron chi connectivity index (χ1n) is 14.5. The largest absolute Gasteiger partial charge is 0.389 e. The summed E-state index contributed by atoms with van der Waals surface area (Å²) in [6.45, 7) is 12.2. The number of amides is 3. The van der Waals surface area contributed by atoms with E-state index in [4.69, 9.17) is 18.9 Å². The Morgan fingerprint density at radius 2 is 0.913 bits per heavy atom. The normalized spacial score (nSPS) is 14.9. The lowest BCUT2D eigenvalue weighted by Crippen LogP contribution is -2.45. The molecule has 4 unspecified atom stereocenters. The molecule has 0 aliphatic carbocycles. The van der Waals surface area contributed by atoms with Crippen molar-refractivity contribution in [3.63, 3.8) is 0 Å². The van der Waals surface area contributed by atoms with Gasteiger partial charge in [-0.1, -0.05) is 26.3 Å². The van der Waals surface area contributed by atoms with E-state index in [0.29, 0.717) is 11.9 Å². The van der Waals surface area contributed by atoms with Crippen molar-refractivity contribution in [3.05, 3.63) is 50.1 Å². The lowest BCUT2D eigenvalue weighted by atomic mass is 9.92. The lowest BCUT2D eigenvalue weighted by Gasteiger charge is -2.34. The molecule has 0 aliphatic heterocycles. The van der Waals surface area contributed by atoms with Gasteiger partial charge in [0.25, 0.3) is 0 Å². The van der Waals surface area contributed by atoms with Crippen molar-refractivity contribution in [1.82, 2.24) is 21.3 Å². The molecule has 0 bridgehead atoms. The zero-order valence-electron chi connectivity index (χ0n) is 26.2. The van der Waals surface area contributed by atoms with Crippen LogP contribution in [0.1, 0.15) is 0 Å². The average molecular weight is 659 g/mol. The first kappa shape index (κ1) is 42.7. The maximum Gasteiger partial charge on any atom is 0.243 e. The van der Waals surface area contributed by atoms with Gasteiger partial charge < -0.3 is 60.6 Å². The predicted molar refractivity (Wildman–Crippen MR) is 167 cm³/mol. The van der Waals surface area contributed by atoms with Crippen LogP contribution in [-0.4, -0.2) is 154 Å². The SMILES string of the molecule is C=CC(=O)NCC(O)COCC(COCC(O)CNCC(=C)C=O)(COCC(O)CNC(=O)C=C)COCC(O)CNC(=O)C=C. The molecule has 16 nitrogen and oxygen atoms in total. The molecule has 0 aromatic carbocycles. The molecular weight excluding hydrogens is 608 g/mol. The number of ether oxygens (including phenoxy) is 4. The molecule has 0 saturated carbocycles. The van der Waals surface area contributed by atoms with Gasteiger partial charge in [0.05, 0.1) is 82.7 Å². The summed E-state index contributed by atoms with van der Waals surface area (Å²) in [5.74, 6) is -1.42. The fourth-order valence-corrected chi connectivity index (χ4v) is 3.44. The van der Waals surface area contributed by atoms with E-state index < -0.39 is 47.6 Å². The molecule has 4 atom stereocenters. The predicted octanol–water partition coefficient (Wildman–Crippen LogP) is -3.27. The molecule has 0 fully saturated rings. The molecule has 0 heterocycles. The average Bonchev–Trinajstić information content (AvgIpc) is 3.04. The maximum atomic E-state index is 11.4. The number of hydrogen-bond acceptors (Lipinski definition) is 13. The van der Waals surface area contributed by atoms with Gasteiger partial charge in [-0.3, -0.25) is 19.2 Å². The smallest absolute Gasteiger partial charge is 0.243 e. The first-order chi connectivity index (χ1) is 21.9. The van der Waals surface area contributed by atoms with Gasteiger partial charge in [0.1, 0.15) is 6.29 Å². The van der Waals surface area contributed by atoms with E-state index in [0.717, 1.165) is 18.2 Å². The van der Waals surface area contributed by atoms with Crippen LogP contribution < -0.4 is 21.3 Å². The number of rotatable bonds is 30. The van der Waals surface area contributed by atoms with E-state index in [1.54, 1.807) is 0 Å². The van der Waals surface area contributed by atoms with Crippen LogP contribution in [0.25, 0.3) is 0 Å². The molecule has 0 radical (unpaired) electrons.